The number of hydrogen-bond donors (Lipinski definition) is 1. The monoisotopic (exact) mass is 436 g/mol. The van der Waals surface area contributed by atoms with Gasteiger partial charge in [-0.1, -0.05) is 41.4 Å². The number of carbonyl (C=O) groups excluding carboxylic acids is 2. The van der Waals surface area contributed by atoms with Crippen molar-refractivity contribution in [2.75, 3.05) is 13.2 Å². The predicted molar refractivity (Wildman–Crippen MR) is 117 cm³/mol. The Morgan fingerprint density at radius 2 is 1.72 bits per heavy atom. The number of nitrogens with one attached hydrogen (secondary N) is 1. The lowest BCUT2D eigenvalue weighted by atomic mass is 10.1. The van der Waals surface area contributed by atoms with Crippen LogP contribution in [0.15, 0.2) is 36.4 Å². The number of halogens is 2. The Morgan fingerprint density at radius 3 is 2.34 bits per heavy atom. The summed E-state index contributed by atoms with van der Waals surface area (Å²) in [6.45, 7) is 7.79. The normalized spacial score (nSPS) is 11.7. The zero-order valence-corrected chi connectivity index (χ0v) is 18.6. The molecule has 0 spiro atoms. The third-order valence-electron chi connectivity index (χ3n) is 4.81. The summed E-state index contributed by atoms with van der Waals surface area (Å²) in [4.78, 5) is 26.9. The molecule has 1 atom stereocenters. The lowest BCUT2D eigenvalue weighted by Gasteiger charge is -2.29. The van der Waals surface area contributed by atoms with Crippen LogP contribution in [0.4, 0.5) is 0 Å². The van der Waals surface area contributed by atoms with E-state index in [0.29, 0.717) is 27.9 Å². The average Bonchev–Trinajstić information content (AvgIpc) is 2.68. The lowest BCUT2D eigenvalue weighted by Crippen LogP contribution is -2.49. The molecule has 0 aliphatic carbocycles. The van der Waals surface area contributed by atoms with Crippen LogP contribution in [-0.4, -0.2) is 35.9 Å². The number of nitrogens with zero attached hydrogens (tertiary/aromatic N) is 1. The number of hydrogen-bond acceptors (Lipinski definition) is 3. The fourth-order valence-electron chi connectivity index (χ4n) is 2.86. The highest BCUT2D eigenvalue weighted by Gasteiger charge is 2.27. The molecule has 0 aliphatic heterocycles. The smallest absolute Gasteiger partial charge is 0.261 e. The topological polar surface area (TPSA) is 58.6 Å². The van der Waals surface area contributed by atoms with Gasteiger partial charge < -0.3 is 15.0 Å². The summed E-state index contributed by atoms with van der Waals surface area (Å²) < 4.78 is 5.76. The number of benzene rings is 2. The first-order valence-electron chi connectivity index (χ1n) is 9.45. The van der Waals surface area contributed by atoms with Gasteiger partial charge in [0.05, 0.1) is 0 Å². The first-order chi connectivity index (χ1) is 13.8. The van der Waals surface area contributed by atoms with E-state index in [2.05, 4.69) is 5.32 Å². The molecule has 5 nitrogen and oxygen atoms in total. The fourth-order valence-corrected chi connectivity index (χ4v) is 3.38. The number of rotatable bonds is 8. The van der Waals surface area contributed by atoms with Crippen LogP contribution in [0.1, 0.15) is 30.5 Å². The van der Waals surface area contributed by atoms with Crippen LogP contribution < -0.4 is 10.1 Å². The van der Waals surface area contributed by atoms with Crippen LogP contribution in [0.5, 0.6) is 5.75 Å². The average molecular weight is 437 g/mol. The van der Waals surface area contributed by atoms with Crippen LogP contribution >= 0.6 is 23.2 Å². The second-order valence-electron chi connectivity index (χ2n) is 6.78. The van der Waals surface area contributed by atoms with Crippen LogP contribution in [0.2, 0.25) is 10.0 Å². The minimum atomic E-state index is -0.711. The van der Waals surface area contributed by atoms with Gasteiger partial charge in [0.25, 0.3) is 5.91 Å². The van der Waals surface area contributed by atoms with E-state index < -0.39 is 6.04 Å². The predicted octanol–water partition coefficient (Wildman–Crippen LogP) is 4.54. The van der Waals surface area contributed by atoms with Gasteiger partial charge in [0, 0.05) is 28.7 Å². The molecule has 2 aromatic carbocycles. The number of ether oxygens (including phenoxy) is 1. The molecular formula is C22H26Cl2N2O3. The minimum Gasteiger partial charge on any atom is -0.483 e. The van der Waals surface area contributed by atoms with E-state index in [1.54, 1.807) is 25.1 Å². The van der Waals surface area contributed by atoms with Crippen molar-refractivity contribution in [1.29, 1.82) is 0 Å². The first-order valence-corrected chi connectivity index (χ1v) is 10.2. The highest BCUT2D eigenvalue weighted by molar-refractivity contribution is 6.36. The van der Waals surface area contributed by atoms with Gasteiger partial charge in [-0.2, -0.15) is 0 Å². The van der Waals surface area contributed by atoms with E-state index in [4.69, 9.17) is 27.9 Å². The largest absolute Gasteiger partial charge is 0.483 e. The van der Waals surface area contributed by atoms with E-state index >= 15 is 0 Å². The van der Waals surface area contributed by atoms with Gasteiger partial charge in [-0.05, 0) is 57.0 Å². The highest BCUT2D eigenvalue weighted by atomic mass is 35.5. The molecule has 0 heterocycles. The summed E-state index contributed by atoms with van der Waals surface area (Å²) in [5, 5.41) is 3.62. The zero-order chi connectivity index (χ0) is 21.6. The minimum absolute atomic E-state index is 0.103. The molecule has 0 radical (unpaired) electrons. The van der Waals surface area contributed by atoms with Gasteiger partial charge in [0.1, 0.15) is 11.8 Å². The van der Waals surface area contributed by atoms with E-state index in [1.807, 2.05) is 39.0 Å². The molecule has 29 heavy (non-hydrogen) atoms. The van der Waals surface area contributed by atoms with Crippen LogP contribution in [0.25, 0.3) is 0 Å². The number of carbonyl (C=O) groups is 2. The molecule has 7 heteroatoms. The fraction of sp³-hybridized carbons (Fsp3) is 0.364. The molecule has 0 fully saturated rings. The number of amides is 2. The van der Waals surface area contributed by atoms with Crippen LogP contribution in [-0.2, 0) is 16.1 Å². The second kappa shape index (κ2) is 10.5. The Hall–Kier alpha value is -2.24. The highest BCUT2D eigenvalue weighted by Crippen LogP contribution is 2.27. The Morgan fingerprint density at radius 1 is 1.10 bits per heavy atom. The maximum Gasteiger partial charge on any atom is 0.261 e. The van der Waals surface area contributed by atoms with Crippen molar-refractivity contribution in [2.45, 2.75) is 40.3 Å². The molecule has 0 bridgehead atoms. The summed E-state index contributed by atoms with van der Waals surface area (Å²) in [6.07, 6.45) is 0. The van der Waals surface area contributed by atoms with Gasteiger partial charge in [-0.3, -0.25) is 9.59 Å². The van der Waals surface area contributed by atoms with Crippen molar-refractivity contribution in [3.63, 3.8) is 0 Å². The van der Waals surface area contributed by atoms with Crippen molar-refractivity contribution in [2.24, 2.45) is 0 Å². The van der Waals surface area contributed by atoms with Crippen LogP contribution in [0, 0.1) is 13.8 Å². The quantitative estimate of drug-likeness (QED) is 0.660. The van der Waals surface area contributed by atoms with Crippen molar-refractivity contribution < 1.29 is 14.3 Å². The molecule has 0 saturated heterocycles. The maximum atomic E-state index is 13.0. The second-order valence-corrected chi connectivity index (χ2v) is 7.59. The van der Waals surface area contributed by atoms with E-state index in [-0.39, 0.29) is 25.0 Å². The maximum absolute atomic E-state index is 13.0. The summed E-state index contributed by atoms with van der Waals surface area (Å²) in [6, 6.07) is 10.1. The molecule has 0 aromatic heterocycles. The van der Waals surface area contributed by atoms with E-state index in [1.165, 1.54) is 4.90 Å². The molecule has 0 saturated carbocycles. The third kappa shape index (κ3) is 5.87. The zero-order valence-electron chi connectivity index (χ0n) is 17.1. The van der Waals surface area contributed by atoms with E-state index in [0.717, 1.165) is 11.1 Å². The van der Waals surface area contributed by atoms with Crippen molar-refractivity contribution in [1.82, 2.24) is 10.2 Å². The molecule has 2 amide bonds. The summed E-state index contributed by atoms with van der Waals surface area (Å²) in [7, 11) is 0. The molecule has 156 valence electrons. The Kier molecular flexibility index (Phi) is 8.35. The van der Waals surface area contributed by atoms with Gasteiger partial charge in [-0.25, -0.2) is 0 Å². The molecule has 2 rings (SSSR count). The van der Waals surface area contributed by atoms with E-state index in [9.17, 15) is 9.59 Å². The summed E-state index contributed by atoms with van der Waals surface area (Å²) in [5.74, 6) is 0.0520. The summed E-state index contributed by atoms with van der Waals surface area (Å²) >= 11 is 12.6. The van der Waals surface area contributed by atoms with Gasteiger partial charge in [0.2, 0.25) is 5.91 Å². The molecular weight excluding hydrogens is 411 g/mol. The van der Waals surface area contributed by atoms with Crippen molar-refractivity contribution in [3.05, 3.63) is 63.1 Å². The molecule has 0 aliphatic rings. The molecule has 0 unspecified atom stereocenters. The van der Waals surface area contributed by atoms with Gasteiger partial charge in [-0.15, -0.1) is 0 Å². The van der Waals surface area contributed by atoms with Crippen molar-refractivity contribution >= 4 is 35.0 Å². The first kappa shape index (κ1) is 23.0. The SMILES string of the molecule is CCNC(=O)[C@@H](C)N(Cc1c(Cl)cccc1Cl)C(=O)COc1cccc(C)c1C. The third-order valence-corrected chi connectivity index (χ3v) is 5.52. The van der Waals surface area contributed by atoms with Gasteiger partial charge in [0.15, 0.2) is 6.61 Å². The molecule has 2 aromatic rings. The molecule has 1 N–H and O–H groups in total. The standard InChI is InChI=1S/C22H26Cl2N2O3/c1-5-25-22(28)16(4)26(12-17-18(23)9-7-10-19(17)24)21(27)13-29-20-11-6-8-14(2)15(20)3/h6-11,16H,5,12-13H2,1-4H3,(H,25,28)/t16-/m1/s1. The van der Waals surface area contributed by atoms with Crippen LogP contribution in [0.3, 0.4) is 0 Å². The Labute approximate surface area is 181 Å². The Bertz CT molecular complexity index is 866. The summed E-state index contributed by atoms with van der Waals surface area (Å²) in [5.41, 5.74) is 2.63. The number of aryl methyl sites for hydroxylation is 1. The number of likely N-dealkylation sites (N-methyl/N-ethyl adjacent to an activating group) is 1. The van der Waals surface area contributed by atoms with Crippen molar-refractivity contribution in [3.8, 4) is 5.75 Å². The Balaban J connectivity index is 2.24. The van der Waals surface area contributed by atoms with Gasteiger partial charge >= 0.3 is 0 Å². The lowest BCUT2D eigenvalue weighted by molar-refractivity contribution is -0.142.